The van der Waals surface area contributed by atoms with E-state index in [1.807, 2.05) is 0 Å². The molecule has 0 N–H and O–H groups in total. The van der Waals surface area contributed by atoms with Crippen molar-refractivity contribution in [1.29, 1.82) is 0 Å². The second-order valence-corrected chi connectivity index (χ2v) is 5.62. The molecule has 2 rings (SSSR count). The Morgan fingerprint density at radius 3 is 2.06 bits per heavy atom. The molecule has 94 valence electrons. The average Bonchev–Trinajstić information content (AvgIpc) is 2.39. The minimum absolute atomic E-state index is 0.693. The first-order chi connectivity index (χ1) is 7.81. The van der Waals surface area contributed by atoms with E-state index >= 15 is 0 Å². The fraction of sp³-hybridized carbons (Fsp3) is 1.00. The van der Waals surface area contributed by atoms with E-state index in [9.17, 15) is 0 Å². The largest absolute Gasteiger partial charge is 0.288 e. The molecule has 0 saturated carbocycles. The molecule has 2 heteroatoms. The lowest BCUT2D eigenvalue weighted by Crippen LogP contribution is -2.51. The molecule has 16 heavy (non-hydrogen) atoms. The van der Waals surface area contributed by atoms with Crippen molar-refractivity contribution in [3.63, 3.8) is 0 Å². The monoisotopic (exact) mass is 224 g/mol. The molecule has 0 aliphatic carbocycles. The molecule has 2 saturated heterocycles. The Morgan fingerprint density at radius 2 is 1.50 bits per heavy atom. The number of nitrogens with zero attached hydrogens (tertiary/aromatic N) is 2. The van der Waals surface area contributed by atoms with Crippen LogP contribution in [0, 0.1) is 5.92 Å². The Labute approximate surface area is 101 Å². The summed E-state index contributed by atoms with van der Waals surface area (Å²) in [4.78, 5) is 5.40. The SMILES string of the molecule is CCC1CCN(C(C)N2CCCCC2)CC1. The zero-order valence-corrected chi connectivity index (χ0v) is 11.1. The Hall–Kier alpha value is -0.0800. The van der Waals surface area contributed by atoms with E-state index in [0.29, 0.717) is 6.17 Å². The van der Waals surface area contributed by atoms with Crippen molar-refractivity contribution in [1.82, 2.24) is 9.80 Å². The van der Waals surface area contributed by atoms with E-state index in [-0.39, 0.29) is 0 Å². The van der Waals surface area contributed by atoms with E-state index in [1.165, 1.54) is 64.7 Å². The molecule has 0 radical (unpaired) electrons. The second kappa shape index (κ2) is 6.02. The van der Waals surface area contributed by atoms with Crippen molar-refractivity contribution < 1.29 is 0 Å². The maximum atomic E-state index is 2.71. The Kier molecular flexibility index (Phi) is 4.66. The van der Waals surface area contributed by atoms with Crippen molar-refractivity contribution in [2.24, 2.45) is 5.92 Å². The summed E-state index contributed by atoms with van der Waals surface area (Å²) in [5.74, 6) is 1.00. The Balaban J connectivity index is 1.78. The standard InChI is InChI=1S/C14H28N2/c1-3-14-7-11-16(12-8-14)13(2)15-9-5-4-6-10-15/h13-14H,3-12H2,1-2H3. The molecule has 2 nitrogen and oxygen atoms in total. The lowest BCUT2D eigenvalue weighted by molar-refractivity contribution is 0.0187. The molecule has 2 aliphatic rings. The molecule has 1 atom stereocenters. The second-order valence-electron chi connectivity index (χ2n) is 5.62. The van der Waals surface area contributed by atoms with Crippen LogP contribution in [0.5, 0.6) is 0 Å². The summed E-state index contributed by atoms with van der Waals surface area (Å²) in [6, 6.07) is 0. The smallest absolute Gasteiger partial charge is 0.0593 e. The first kappa shape index (κ1) is 12.4. The number of likely N-dealkylation sites (tertiary alicyclic amines) is 2. The van der Waals surface area contributed by atoms with Crippen molar-refractivity contribution in [2.45, 2.75) is 58.5 Å². The molecule has 0 bridgehead atoms. The Morgan fingerprint density at radius 1 is 0.938 bits per heavy atom. The highest BCUT2D eigenvalue weighted by Gasteiger charge is 2.26. The van der Waals surface area contributed by atoms with Crippen LogP contribution in [0.2, 0.25) is 0 Å². The summed E-state index contributed by atoms with van der Waals surface area (Å²) < 4.78 is 0. The van der Waals surface area contributed by atoms with Crippen LogP contribution in [-0.2, 0) is 0 Å². The molecule has 0 aromatic heterocycles. The summed E-state index contributed by atoms with van der Waals surface area (Å²) in [7, 11) is 0. The van der Waals surface area contributed by atoms with Crippen LogP contribution in [0.25, 0.3) is 0 Å². The van der Waals surface area contributed by atoms with Crippen molar-refractivity contribution in [3.8, 4) is 0 Å². The molecular weight excluding hydrogens is 196 g/mol. The third-order valence-corrected chi connectivity index (χ3v) is 4.67. The van der Waals surface area contributed by atoms with Crippen molar-refractivity contribution in [3.05, 3.63) is 0 Å². The topological polar surface area (TPSA) is 6.48 Å². The van der Waals surface area contributed by atoms with Crippen LogP contribution >= 0.6 is 0 Å². The van der Waals surface area contributed by atoms with Gasteiger partial charge in [0.2, 0.25) is 0 Å². The van der Waals surface area contributed by atoms with Gasteiger partial charge in [-0.1, -0.05) is 19.8 Å². The highest BCUT2D eigenvalue weighted by atomic mass is 15.3. The van der Waals surface area contributed by atoms with Gasteiger partial charge in [0.1, 0.15) is 0 Å². The first-order valence-electron chi connectivity index (χ1n) is 7.29. The van der Waals surface area contributed by atoms with Crippen molar-refractivity contribution >= 4 is 0 Å². The maximum Gasteiger partial charge on any atom is 0.0593 e. The summed E-state index contributed by atoms with van der Waals surface area (Å²) in [6.07, 6.45) is 9.19. The van der Waals surface area contributed by atoms with Gasteiger partial charge < -0.3 is 0 Å². The fourth-order valence-electron chi connectivity index (χ4n) is 3.26. The minimum Gasteiger partial charge on any atom is -0.288 e. The predicted octanol–water partition coefficient (Wildman–Crippen LogP) is 2.94. The van der Waals surface area contributed by atoms with Gasteiger partial charge in [-0.2, -0.15) is 0 Å². The summed E-state index contributed by atoms with van der Waals surface area (Å²) in [5.41, 5.74) is 0. The molecule has 2 heterocycles. The van der Waals surface area contributed by atoms with Crippen LogP contribution in [0.3, 0.4) is 0 Å². The van der Waals surface area contributed by atoms with Gasteiger partial charge in [0.05, 0.1) is 6.17 Å². The molecule has 0 aromatic rings. The van der Waals surface area contributed by atoms with Gasteiger partial charge in [-0.3, -0.25) is 9.80 Å². The van der Waals surface area contributed by atoms with Gasteiger partial charge >= 0.3 is 0 Å². The summed E-state index contributed by atoms with van der Waals surface area (Å²) in [6.45, 7) is 10.1. The van der Waals surface area contributed by atoms with Gasteiger partial charge in [0.15, 0.2) is 0 Å². The molecule has 1 unspecified atom stereocenters. The van der Waals surface area contributed by atoms with Gasteiger partial charge in [-0.15, -0.1) is 0 Å². The van der Waals surface area contributed by atoms with Gasteiger partial charge in [-0.05, 0) is 64.7 Å². The zero-order chi connectivity index (χ0) is 11.4. The quantitative estimate of drug-likeness (QED) is 0.727. The number of hydrogen-bond acceptors (Lipinski definition) is 2. The number of piperidine rings is 2. The van der Waals surface area contributed by atoms with Crippen LogP contribution in [0.1, 0.15) is 52.4 Å². The van der Waals surface area contributed by atoms with E-state index in [1.54, 1.807) is 0 Å². The lowest BCUT2D eigenvalue weighted by atomic mass is 9.94. The third-order valence-electron chi connectivity index (χ3n) is 4.67. The molecular formula is C14H28N2. The lowest BCUT2D eigenvalue weighted by Gasteiger charge is -2.42. The van der Waals surface area contributed by atoms with Crippen molar-refractivity contribution in [2.75, 3.05) is 26.2 Å². The van der Waals surface area contributed by atoms with E-state index in [2.05, 4.69) is 23.6 Å². The van der Waals surface area contributed by atoms with Gasteiger partial charge in [0, 0.05) is 0 Å². The first-order valence-corrected chi connectivity index (χ1v) is 7.29. The van der Waals surface area contributed by atoms with Crippen LogP contribution in [-0.4, -0.2) is 42.1 Å². The highest BCUT2D eigenvalue weighted by molar-refractivity contribution is 4.78. The number of hydrogen-bond donors (Lipinski definition) is 0. The molecule has 0 aromatic carbocycles. The molecule has 0 amide bonds. The average molecular weight is 224 g/mol. The normalized spacial score (nSPS) is 28.1. The van der Waals surface area contributed by atoms with Gasteiger partial charge in [-0.25, -0.2) is 0 Å². The minimum atomic E-state index is 0.693. The molecule has 2 aliphatic heterocycles. The predicted molar refractivity (Wildman–Crippen MR) is 69.5 cm³/mol. The maximum absolute atomic E-state index is 2.71. The zero-order valence-electron chi connectivity index (χ0n) is 11.1. The van der Waals surface area contributed by atoms with Crippen LogP contribution in [0.4, 0.5) is 0 Å². The van der Waals surface area contributed by atoms with E-state index in [0.717, 1.165) is 5.92 Å². The van der Waals surface area contributed by atoms with E-state index < -0.39 is 0 Å². The third kappa shape index (κ3) is 2.98. The summed E-state index contributed by atoms with van der Waals surface area (Å²) in [5, 5.41) is 0. The fourth-order valence-corrected chi connectivity index (χ4v) is 3.26. The highest BCUT2D eigenvalue weighted by Crippen LogP contribution is 2.23. The van der Waals surface area contributed by atoms with Crippen LogP contribution in [0.15, 0.2) is 0 Å². The summed E-state index contributed by atoms with van der Waals surface area (Å²) >= 11 is 0. The van der Waals surface area contributed by atoms with Crippen LogP contribution < -0.4 is 0 Å². The number of rotatable bonds is 3. The molecule has 2 fully saturated rings. The van der Waals surface area contributed by atoms with E-state index in [4.69, 9.17) is 0 Å². The Bertz CT molecular complexity index is 191. The molecule has 0 spiro atoms. The van der Waals surface area contributed by atoms with Gasteiger partial charge in [0.25, 0.3) is 0 Å².